The lowest BCUT2D eigenvalue weighted by Crippen LogP contribution is -2.26. The number of hydrogen-bond donors (Lipinski definition) is 1. The van der Waals surface area contributed by atoms with Crippen LogP contribution in [0.3, 0.4) is 0 Å². The molecular formula is C24H29N3O4S. The highest BCUT2D eigenvalue weighted by molar-refractivity contribution is 7.91. The first-order chi connectivity index (χ1) is 15.3. The first-order valence-corrected chi connectivity index (χ1v) is 13.1. The van der Waals surface area contributed by atoms with Crippen LogP contribution in [0.4, 0.5) is 5.69 Å². The molecule has 3 aromatic rings. The van der Waals surface area contributed by atoms with Gasteiger partial charge in [0.15, 0.2) is 9.84 Å². The highest BCUT2D eigenvalue weighted by atomic mass is 32.2. The van der Waals surface area contributed by atoms with Crippen molar-refractivity contribution in [3.63, 3.8) is 0 Å². The molecule has 5 rings (SSSR count). The number of pyridine rings is 1. The average molecular weight is 456 g/mol. The molecular weight excluding hydrogens is 426 g/mol. The van der Waals surface area contributed by atoms with Crippen molar-refractivity contribution in [1.82, 2.24) is 10.1 Å². The molecule has 0 atom stereocenters. The monoisotopic (exact) mass is 455 g/mol. The highest BCUT2D eigenvalue weighted by Gasteiger charge is 2.28. The van der Waals surface area contributed by atoms with Crippen LogP contribution in [0.1, 0.15) is 50.0 Å². The predicted octanol–water partition coefficient (Wildman–Crippen LogP) is 4.36. The molecule has 2 aliphatic rings. The van der Waals surface area contributed by atoms with Gasteiger partial charge in [0, 0.05) is 24.0 Å². The van der Waals surface area contributed by atoms with Crippen LogP contribution in [0.5, 0.6) is 0 Å². The van der Waals surface area contributed by atoms with Crippen LogP contribution in [-0.4, -0.2) is 37.4 Å². The summed E-state index contributed by atoms with van der Waals surface area (Å²) >= 11 is 0. The maximum atomic E-state index is 13.7. The van der Waals surface area contributed by atoms with Crippen molar-refractivity contribution in [3.05, 3.63) is 40.0 Å². The Morgan fingerprint density at radius 2 is 1.81 bits per heavy atom. The molecule has 1 aliphatic heterocycles. The number of hydrogen-bond acceptors (Lipinski definition) is 6. The average Bonchev–Trinajstić information content (AvgIpc) is 3.50. The van der Waals surface area contributed by atoms with Crippen LogP contribution < -0.4 is 10.5 Å². The van der Waals surface area contributed by atoms with E-state index in [1.54, 1.807) is 12.1 Å². The molecule has 1 saturated heterocycles. The summed E-state index contributed by atoms with van der Waals surface area (Å²) in [6.07, 6.45) is 6.16. The molecule has 0 bridgehead atoms. The Balaban J connectivity index is 1.73. The SMILES string of the molecule is Cc1noc(C)c1-c1cc(S(=O)(=O)CC2CCCC2)c2cc(N3CCCC3)c(=O)[nH]c2c1. The molecule has 1 N–H and O–H groups in total. The molecule has 170 valence electrons. The smallest absolute Gasteiger partial charge is 0.271 e. The second-order valence-electron chi connectivity index (χ2n) is 9.24. The summed E-state index contributed by atoms with van der Waals surface area (Å²) in [6, 6.07) is 5.36. The molecule has 3 heterocycles. The van der Waals surface area contributed by atoms with E-state index in [4.69, 9.17) is 4.52 Å². The summed E-state index contributed by atoms with van der Waals surface area (Å²) in [5, 5.41) is 4.61. The maximum Gasteiger partial charge on any atom is 0.271 e. The van der Waals surface area contributed by atoms with Crippen molar-refractivity contribution in [2.45, 2.75) is 57.3 Å². The number of nitrogens with one attached hydrogen (secondary N) is 1. The molecule has 7 nitrogen and oxygen atoms in total. The van der Waals surface area contributed by atoms with Gasteiger partial charge in [0.2, 0.25) is 0 Å². The minimum absolute atomic E-state index is 0.144. The zero-order valence-corrected chi connectivity index (χ0v) is 19.4. The Morgan fingerprint density at radius 1 is 1.09 bits per heavy atom. The van der Waals surface area contributed by atoms with Gasteiger partial charge in [0.25, 0.3) is 5.56 Å². The molecule has 32 heavy (non-hydrogen) atoms. The molecule has 0 unspecified atom stereocenters. The summed E-state index contributed by atoms with van der Waals surface area (Å²) in [5.41, 5.74) is 3.06. The molecule has 0 amide bonds. The lowest BCUT2D eigenvalue weighted by atomic mass is 10.0. The van der Waals surface area contributed by atoms with E-state index in [1.165, 1.54) is 0 Å². The molecule has 0 radical (unpaired) electrons. The summed E-state index contributed by atoms with van der Waals surface area (Å²) < 4.78 is 32.7. The van der Waals surface area contributed by atoms with E-state index in [9.17, 15) is 13.2 Å². The number of sulfone groups is 1. The van der Waals surface area contributed by atoms with Crippen LogP contribution >= 0.6 is 0 Å². The minimum atomic E-state index is -3.55. The number of aryl methyl sites for hydroxylation is 2. The van der Waals surface area contributed by atoms with Crippen molar-refractivity contribution >= 4 is 26.4 Å². The molecule has 2 aromatic heterocycles. The van der Waals surface area contributed by atoms with Gasteiger partial charge in [-0.3, -0.25) is 4.79 Å². The largest absolute Gasteiger partial charge is 0.367 e. The number of aromatic nitrogens is 2. The van der Waals surface area contributed by atoms with E-state index in [0.717, 1.165) is 57.2 Å². The van der Waals surface area contributed by atoms with Gasteiger partial charge < -0.3 is 14.4 Å². The maximum absolute atomic E-state index is 13.7. The lowest BCUT2D eigenvalue weighted by molar-refractivity contribution is 0.393. The van der Waals surface area contributed by atoms with E-state index in [-0.39, 0.29) is 22.1 Å². The number of aromatic amines is 1. The van der Waals surface area contributed by atoms with Gasteiger partial charge in [0.05, 0.1) is 21.9 Å². The fourth-order valence-electron chi connectivity index (χ4n) is 5.33. The third kappa shape index (κ3) is 3.74. The van der Waals surface area contributed by atoms with E-state index in [0.29, 0.717) is 33.6 Å². The van der Waals surface area contributed by atoms with Crippen molar-refractivity contribution in [2.24, 2.45) is 5.92 Å². The van der Waals surface area contributed by atoms with E-state index >= 15 is 0 Å². The number of rotatable bonds is 5. The second kappa shape index (κ2) is 8.06. The summed E-state index contributed by atoms with van der Waals surface area (Å²) in [6.45, 7) is 5.28. The van der Waals surface area contributed by atoms with E-state index < -0.39 is 9.84 Å². The van der Waals surface area contributed by atoms with Crippen molar-refractivity contribution in [2.75, 3.05) is 23.7 Å². The van der Waals surface area contributed by atoms with Crippen LogP contribution in [0.2, 0.25) is 0 Å². The second-order valence-corrected chi connectivity index (χ2v) is 11.2. The van der Waals surface area contributed by atoms with Crippen LogP contribution in [-0.2, 0) is 9.84 Å². The fraction of sp³-hybridized carbons (Fsp3) is 0.500. The van der Waals surface area contributed by atoms with Gasteiger partial charge in [-0.25, -0.2) is 8.42 Å². The minimum Gasteiger partial charge on any atom is -0.367 e. The Kier molecular flexibility index (Phi) is 5.35. The third-order valence-corrected chi connectivity index (χ3v) is 8.86. The highest BCUT2D eigenvalue weighted by Crippen LogP contribution is 2.36. The molecule has 8 heteroatoms. The van der Waals surface area contributed by atoms with Crippen LogP contribution in [0.25, 0.3) is 22.0 Å². The standard InChI is InChI=1S/C24H29N3O4S/c1-15-23(16(2)31-26-15)18-11-20-19(13-21(24(28)25-20)27-9-5-6-10-27)22(12-18)32(29,30)14-17-7-3-4-8-17/h11-13,17H,3-10,14H2,1-2H3,(H,25,28). The summed E-state index contributed by atoms with van der Waals surface area (Å²) in [4.78, 5) is 18.2. The lowest BCUT2D eigenvalue weighted by Gasteiger charge is -2.19. The number of benzene rings is 1. The first-order valence-electron chi connectivity index (χ1n) is 11.5. The van der Waals surface area contributed by atoms with Crippen LogP contribution in [0, 0.1) is 19.8 Å². The Bertz CT molecular complexity index is 1310. The summed E-state index contributed by atoms with van der Waals surface area (Å²) in [7, 11) is -3.55. The van der Waals surface area contributed by atoms with Gasteiger partial charge in [-0.15, -0.1) is 0 Å². The normalized spacial score (nSPS) is 17.6. The zero-order valence-electron chi connectivity index (χ0n) is 18.6. The Morgan fingerprint density at radius 3 is 2.47 bits per heavy atom. The quantitative estimate of drug-likeness (QED) is 0.614. The van der Waals surface area contributed by atoms with Gasteiger partial charge in [-0.05, 0) is 69.2 Å². The Hall–Kier alpha value is -2.61. The first kappa shape index (κ1) is 21.2. The Labute approximate surface area is 187 Å². The number of nitrogens with zero attached hydrogens (tertiary/aromatic N) is 2. The molecule has 1 aromatic carbocycles. The molecule has 1 aliphatic carbocycles. The number of fused-ring (bicyclic) bond motifs is 1. The topological polar surface area (TPSA) is 96.3 Å². The van der Waals surface area contributed by atoms with Gasteiger partial charge in [-0.2, -0.15) is 0 Å². The van der Waals surface area contributed by atoms with Crippen molar-refractivity contribution in [1.29, 1.82) is 0 Å². The van der Waals surface area contributed by atoms with Crippen molar-refractivity contribution < 1.29 is 12.9 Å². The predicted molar refractivity (Wildman–Crippen MR) is 125 cm³/mol. The van der Waals surface area contributed by atoms with E-state index in [1.807, 2.05) is 24.8 Å². The third-order valence-electron chi connectivity index (χ3n) is 6.94. The van der Waals surface area contributed by atoms with Gasteiger partial charge in [0.1, 0.15) is 11.4 Å². The fourth-order valence-corrected chi connectivity index (χ4v) is 7.28. The number of H-pyrrole nitrogens is 1. The van der Waals surface area contributed by atoms with Gasteiger partial charge in [-0.1, -0.05) is 18.0 Å². The van der Waals surface area contributed by atoms with E-state index in [2.05, 4.69) is 10.1 Å². The summed E-state index contributed by atoms with van der Waals surface area (Å²) in [5.74, 6) is 0.960. The van der Waals surface area contributed by atoms with Crippen LogP contribution in [0.15, 0.2) is 32.4 Å². The molecule has 1 saturated carbocycles. The molecule has 0 spiro atoms. The number of anilines is 1. The van der Waals surface area contributed by atoms with Crippen molar-refractivity contribution in [3.8, 4) is 11.1 Å². The zero-order chi connectivity index (χ0) is 22.5. The van der Waals surface area contributed by atoms with Gasteiger partial charge >= 0.3 is 0 Å². The molecule has 2 fully saturated rings.